The van der Waals surface area contributed by atoms with Crippen molar-refractivity contribution in [3.05, 3.63) is 71.3 Å². The maximum absolute atomic E-state index is 13.1. The molecular formula is C23H26N2O3. The van der Waals surface area contributed by atoms with Gasteiger partial charge in [0, 0.05) is 25.4 Å². The van der Waals surface area contributed by atoms with Gasteiger partial charge in [-0.25, -0.2) is 4.79 Å². The lowest BCUT2D eigenvalue weighted by atomic mass is 9.82. The van der Waals surface area contributed by atoms with Crippen LogP contribution >= 0.6 is 0 Å². The Kier molecular flexibility index (Phi) is 5.33. The van der Waals surface area contributed by atoms with Crippen molar-refractivity contribution < 1.29 is 14.3 Å². The van der Waals surface area contributed by atoms with E-state index in [2.05, 4.69) is 6.07 Å². The topological polar surface area (TPSA) is 72.6 Å². The fraction of sp³-hybridized carbons (Fsp3) is 0.391. The number of hydrogen-bond donors (Lipinski definition) is 1. The Balaban J connectivity index is 1.54. The van der Waals surface area contributed by atoms with Gasteiger partial charge >= 0.3 is 12.0 Å². The highest BCUT2D eigenvalue weighted by molar-refractivity contribution is 5.79. The fourth-order valence-corrected chi connectivity index (χ4v) is 4.52. The van der Waals surface area contributed by atoms with E-state index in [4.69, 9.17) is 10.5 Å². The number of hydrogen-bond acceptors (Lipinski definition) is 3. The summed E-state index contributed by atoms with van der Waals surface area (Å²) in [4.78, 5) is 26.4. The number of carbonyl (C=O) groups is 2. The van der Waals surface area contributed by atoms with Gasteiger partial charge in [0.25, 0.3) is 0 Å². The zero-order chi connectivity index (χ0) is 19.5. The van der Waals surface area contributed by atoms with Gasteiger partial charge in [0.1, 0.15) is 6.10 Å². The van der Waals surface area contributed by atoms with Crippen molar-refractivity contribution >= 4 is 12.0 Å². The van der Waals surface area contributed by atoms with Gasteiger partial charge in [-0.2, -0.15) is 0 Å². The third-order valence-corrected chi connectivity index (χ3v) is 6.01. The molecule has 1 heterocycles. The lowest BCUT2D eigenvalue weighted by molar-refractivity contribution is -0.154. The lowest BCUT2D eigenvalue weighted by Crippen LogP contribution is -2.48. The largest absolute Gasteiger partial charge is 0.461 e. The SMILES string of the molecule is NC(=O)N1CCC(OC(=O)C2CCCc3ccccc32)C(c2ccccc2)C1. The predicted octanol–water partition coefficient (Wildman–Crippen LogP) is 3.59. The van der Waals surface area contributed by atoms with Crippen molar-refractivity contribution in [2.24, 2.45) is 5.73 Å². The van der Waals surface area contributed by atoms with E-state index in [0.29, 0.717) is 19.5 Å². The summed E-state index contributed by atoms with van der Waals surface area (Å²) in [6.07, 6.45) is 3.19. The van der Waals surface area contributed by atoms with E-state index in [9.17, 15) is 9.59 Å². The lowest BCUT2D eigenvalue weighted by Gasteiger charge is -2.38. The Labute approximate surface area is 165 Å². The van der Waals surface area contributed by atoms with E-state index in [1.54, 1.807) is 4.90 Å². The molecule has 2 aliphatic rings. The minimum atomic E-state index is -0.424. The summed E-state index contributed by atoms with van der Waals surface area (Å²) < 4.78 is 6.07. The van der Waals surface area contributed by atoms with Gasteiger partial charge in [-0.3, -0.25) is 4.79 Å². The number of carbonyl (C=O) groups excluding carboxylic acids is 2. The highest BCUT2D eigenvalue weighted by Crippen LogP contribution is 2.35. The van der Waals surface area contributed by atoms with Crippen LogP contribution in [0.25, 0.3) is 0 Å². The number of urea groups is 1. The zero-order valence-corrected chi connectivity index (χ0v) is 15.9. The first kappa shape index (κ1) is 18.5. The molecule has 146 valence electrons. The molecule has 3 atom stereocenters. The van der Waals surface area contributed by atoms with Gasteiger partial charge in [0.15, 0.2) is 0 Å². The summed E-state index contributed by atoms with van der Waals surface area (Å²) in [5.41, 5.74) is 8.92. The van der Waals surface area contributed by atoms with E-state index in [1.807, 2.05) is 48.5 Å². The third-order valence-electron chi connectivity index (χ3n) is 6.01. The monoisotopic (exact) mass is 378 g/mol. The molecule has 5 nitrogen and oxygen atoms in total. The van der Waals surface area contributed by atoms with Crippen molar-refractivity contribution in [1.29, 1.82) is 0 Å². The number of primary amides is 1. The number of rotatable bonds is 3. The molecule has 4 rings (SSSR count). The quantitative estimate of drug-likeness (QED) is 0.830. The molecule has 2 aromatic rings. The molecule has 1 saturated heterocycles. The molecule has 1 aliphatic heterocycles. The van der Waals surface area contributed by atoms with Crippen LogP contribution in [0.5, 0.6) is 0 Å². The van der Waals surface area contributed by atoms with E-state index >= 15 is 0 Å². The van der Waals surface area contributed by atoms with E-state index in [1.165, 1.54) is 5.56 Å². The van der Waals surface area contributed by atoms with Crippen molar-refractivity contribution in [3.63, 3.8) is 0 Å². The normalized spacial score (nSPS) is 24.3. The third kappa shape index (κ3) is 3.75. The number of esters is 1. The molecule has 2 N–H and O–H groups in total. The molecule has 28 heavy (non-hydrogen) atoms. The van der Waals surface area contributed by atoms with Gasteiger partial charge < -0.3 is 15.4 Å². The Hall–Kier alpha value is -2.82. The number of ether oxygens (including phenoxy) is 1. The molecule has 0 aromatic heterocycles. The van der Waals surface area contributed by atoms with Crippen LogP contribution in [0.4, 0.5) is 4.79 Å². The molecule has 2 amide bonds. The fourth-order valence-electron chi connectivity index (χ4n) is 4.52. The van der Waals surface area contributed by atoms with Gasteiger partial charge in [0.2, 0.25) is 0 Å². The Morgan fingerprint density at radius 1 is 1.00 bits per heavy atom. The van der Waals surface area contributed by atoms with Crippen molar-refractivity contribution in [1.82, 2.24) is 4.90 Å². The van der Waals surface area contributed by atoms with Crippen LogP contribution < -0.4 is 5.73 Å². The van der Waals surface area contributed by atoms with Crippen molar-refractivity contribution in [2.45, 2.75) is 43.6 Å². The van der Waals surface area contributed by atoms with Crippen molar-refractivity contribution in [2.75, 3.05) is 13.1 Å². The maximum atomic E-state index is 13.1. The van der Waals surface area contributed by atoms with Crippen LogP contribution in [0.1, 0.15) is 47.8 Å². The number of nitrogens with two attached hydrogens (primary N) is 1. The number of amides is 2. The van der Waals surface area contributed by atoms with Gasteiger partial charge in [-0.05, 0) is 36.0 Å². The van der Waals surface area contributed by atoms with Crippen LogP contribution in [0.15, 0.2) is 54.6 Å². The molecule has 5 heteroatoms. The molecule has 0 radical (unpaired) electrons. The zero-order valence-electron chi connectivity index (χ0n) is 15.9. The smallest absolute Gasteiger partial charge is 0.314 e. The molecular weight excluding hydrogens is 352 g/mol. The number of benzene rings is 2. The Bertz CT molecular complexity index is 852. The molecule has 0 spiro atoms. The number of nitrogens with zero attached hydrogens (tertiary/aromatic N) is 1. The van der Waals surface area contributed by atoms with Crippen LogP contribution in [0.3, 0.4) is 0 Å². The highest BCUT2D eigenvalue weighted by Gasteiger charge is 2.36. The summed E-state index contributed by atoms with van der Waals surface area (Å²) in [5, 5.41) is 0. The van der Waals surface area contributed by atoms with Crippen LogP contribution in [-0.2, 0) is 16.0 Å². The first-order valence-electron chi connectivity index (χ1n) is 10.0. The minimum absolute atomic E-state index is 0.0646. The van der Waals surface area contributed by atoms with E-state index in [0.717, 1.165) is 30.4 Å². The molecule has 2 aromatic carbocycles. The summed E-state index contributed by atoms with van der Waals surface area (Å²) in [7, 11) is 0. The predicted molar refractivity (Wildman–Crippen MR) is 107 cm³/mol. The summed E-state index contributed by atoms with van der Waals surface area (Å²) >= 11 is 0. The minimum Gasteiger partial charge on any atom is -0.461 e. The first-order chi connectivity index (χ1) is 13.6. The highest BCUT2D eigenvalue weighted by atomic mass is 16.5. The number of fused-ring (bicyclic) bond motifs is 1. The molecule has 1 fully saturated rings. The molecule has 0 bridgehead atoms. The molecule has 1 aliphatic carbocycles. The summed E-state index contributed by atoms with van der Waals surface area (Å²) in [5.74, 6) is -0.411. The Morgan fingerprint density at radius 2 is 1.75 bits per heavy atom. The van der Waals surface area contributed by atoms with E-state index in [-0.39, 0.29) is 23.9 Å². The number of likely N-dealkylation sites (tertiary alicyclic amines) is 1. The van der Waals surface area contributed by atoms with Gasteiger partial charge in [-0.15, -0.1) is 0 Å². The number of piperidine rings is 1. The Morgan fingerprint density at radius 3 is 2.54 bits per heavy atom. The summed E-state index contributed by atoms with van der Waals surface area (Å²) in [6, 6.07) is 17.7. The first-order valence-corrected chi connectivity index (χ1v) is 10.0. The average molecular weight is 378 g/mol. The second-order valence-electron chi connectivity index (χ2n) is 7.71. The van der Waals surface area contributed by atoms with Crippen LogP contribution in [0.2, 0.25) is 0 Å². The van der Waals surface area contributed by atoms with Gasteiger partial charge in [0.05, 0.1) is 5.92 Å². The van der Waals surface area contributed by atoms with Crippen LogP contribution in [0, 0.1) is 0 Å². The number of aryl methyl sites for hydroxylation is 1. The van der Waals surface area contributed by atoms with Gasteiger partial charge in [-0.1, -0.05) is 54.6 Å². The molecule has 3 unspecified atom stereocenters. The summed E-state index contributed by atoms with van der Waals surface area (Å²) in [6.45, 7) is 0.983. The second-order valence-corrected chi connectivity index (χ2v) is 7.71. The van der Waals surface area contributed by atoms with E-state index < -0.39 is 6.03 Å². The maximum Gasteiger partial charge on any atom is 0.314 e. The van der Waals surface area contributed by atoms with Crippen LogP contribution in [-0.4, -0.2) is 36.1 Å². The molecule has 0 saturated carbocycles. The average Bonchev–Trinajstić information content (AvgIpc) is 2.74. The second kappa shape index (κ2) is 8.05. The van der Waals surface area contributed by atoms with Crippen molar-refractivity contribution in [3.8, 4) is 0 Å². The standard InChI is InChI=1S/C23H26N2O3/c24-23(27)25-14-13-21(20(15-25)17-7-2-1-3-8-17)28-22(26)19-12-6-10-16-9-4-5-11-18(16)19/h1-5,7-9,11,19-21H,6,10,12-15H2,(H2,24,27).